The predicted molar refractivity (Wildman–Crippen MR) is 207 cm³/mol. The van der Waals surface area contributed by atoms with E-state index in [1.165, 1.54) is 98.0 Å². The Morgan fingerprint density at radius 1 is 0.408 bits per heavy atom. The largest absolute Gasteiger partial charge is 0.310 e. The van der Waals surface area contributed by atoms with Gasteiger partial charge in [0.25, 0.3) is 0 Å². The van der Waals surface area contributed by atoms with Crippen LogP contribution in [0.5, 0.6) is 0 Å². The fraction of sp³-hybridized carbons (Fsp3) is 0.0213. The molecule has 1 heterocycles. The SMILES string of the molecule is c1ccc2c(c1)-c1cccc3c1C21c2cc(N(c4ccc5ccccc5c4)c4cccc5sc6ccccc6c45)ccc2-c2cccc-3c21. The summed E-state index contributed by atoms with van der Waals surface area (Å²) in [5.41, 5.74) is 17.1. The Hall–Kier alpha value is -5.96. The first-order chi connectivity index (χ1) is 24.3. The minimum Gasteiger partial charge on any atom is -0.310 e. The van der Waals surface area contributed by atoms with Gasteiger partial charge in [-0.1, -0.05) is 121 Å². The van der Waals surface area contributed by atoms with Crippen LogP contribution in [0, 0.1) is 0 Å². The minimum atomic E-state index is -0.323. The van der Waals surface area contributed by atoms with Crippen molar-refractivity contribution in [2.75, 3.05) is 4.90 Å². The summed E-state index contributed by atoms with van der Waals surface area (Å²) in [6.07, 6.45) is 0. The second-order valence-electron chi connectivity index (χ2n) is 13.6. The van der Waals surface area contributed by atoms with Crippen LogP contribution in [-0.4, -0.2) is 0 Å². The van der Waals surface area contributed by atoms with Gasteiger partial charge in [-0.05, 0) is 109 Å². The van der Waals surface area contributed by atoms with Crippen LogP contribution in [0.2, 0.25) is 0 Å². The maximum atomic E-state index is 2.52. The lowest BCUT2D eigenvalue weighted by molar-refractivity contribution is 0.818. The molecule has 12 rings (SSSR count). The van der Waals surface area contributed by atoms with Gasteiger partial charge in [-0.2, -0.15) is 0 Å². The Morgan fingerprint density at radius 3 is 1.84 bits per heavy atom. The standard InChI is InChI=1S/C47H27NS/c1-2-11-29-26-30(23-22-28(29)10-1)48(41-19-9-21-43-44(41)38-13-4-6-20-42(38)49-43)31-24-25-33-35-15-8-17-37-36-16-7-14-34-32-12-3-5-18-39(32)47(45(34)36,46(35)37)40(33)27-31/h1-27H. The number of hydrogen-bond donors (Lipinski definition) is 0. The highest BCUT2D eigenvalue weighted by Gasteiger charge is 2.57. The molecule has 1 unspecified atom stereocenters. The van der Waals surface area contributed by atoms with Crippen molar-refractivity contribution in [3.8, 4) is 33.4 Å². The second kappa shape index (κ2) is 9.14. The normalized spacial score (nSPS) is 15.8. The summed E-state index contributed by atoms with van der Waals surface area (Å²) in [4.78, 5) is 2.51. The van der Waals surface area contributed by atoms with Gasteiger partial charge in [0.15, 0.2) is 0 Å². The van der Waals surface area contributed by atoms with Crippen molar-refractivity contribution < 1.29 is 0 Å². The molecule has 1 nitrogen and oxygen atoms in total. The summed E-state index contributed by atoms with van der Waals surface area (Å²) >= 11 is 1.88. The fourth-order valence-corrected chi connectivity index (χ4v) is 10.7. The van der Waals surface area contributed by atoms with Crippen LogP contribution in [0.1, 0.15) is 22.3 Å². The van der Waals surface area contributed by atoms with Crippen LogP contribution in [0.25, 0.3) is 64.3 Å². The van der Waals surface area contributed by atoms with Gasteiger partial charge in [0.2, 0.25) is 0 Å². The van der Waals surface area contributed by atoms with Crippen LogP contribution >= 0.6 is 11.3 Å². The third-order valence-corrected chi connectivity index (χ3v) is 12.5. The summed E-state index contributed by atoms with van der Waals surface area (Å²) < 4.78 is 2.62. The van der Waals surface area contributed by atoms with Crippen molar-refractivity contribution >= 4 is 59.3 Å². The smallest absolute Gasteiger partial charge is 0.0738 e. The maximum Gasteiger partial charge on any atom is 0.0738 e. The zero-order valence-electron chi connectivity index (χ0n) is 26.4. The van der Waals surface area contributed by atoms with E-state index in [0.717, 1.165) is 5.69 Å². The third kappa shape index (κ3) is 3.12. The van der Waals surface area contributed by atoms with Gasteiger partial charge >= 0.3 is 0 Å². The highest BCUT2D eigenvalue weighted by atomic mass is 32.1. The maximum absolute atomic E-state index is 2.52. The van der Waals surface area contributed by atoms with E-state index in [1.54, 1.807) is 0 Å². The lowest BCUT2D eigenvalue weighted by Gasteiger charge is -2.31. The molecule has 0 amide bonds. The summed E-state index contributed by atoms with van der Waals surface area (Å²) in [5.74, 6) is 0. The topological polar surface area (TPSA) is 3.24 Å². The predicted octanol–water partition coefficient (Wildman–Crippen LogP) is 13.0. The molecule has 3 aliphatic rings. The lowest BCUT2D eigenvalue weighted by atomic mass is 9.73. The average molecular weight is 638 g/mol. The molecule has 0 N–H and O–H groups in total. The van der Waals surface area contributed by atoms with Crippen molar-refractivity contribution in [1.29, 1.82) is 0 Å². The lowest BCUT2D eigenvalue weighted by Crippen LogP contribution is -2.23. The first kappa shape index (κ1) is 26.0. The summed E-state index contributed by atoms with van der Waals surface area (Å²) in [7, 11) is 0. The molecule has 2 heteroatoms. The molecule has 226 valence electrons. The highest BCUT2D eigenvalue weighted by molar-refractivity contribution is 7.26. The number of benzene rings is 8. The molecule has 1 aromatic heterocycles. The number of rotatable bonds is 3. The van der Waals surface area contributed by atoms with E-state index in [9.17, 15) is 0 Å². The van der Waals surface area contributed by atoms with Gasteiger partial charge in [-0.3, -0.25) is 0 Å². The quantitative estimate of drug-likeness (QED) is 0.186. The monoisotopic (exact) mass is 637 g/mol. The van der Waals surface area contributed by atoms with E-state index in [-0.39, 0.29) is 5.41 Å². The van der Waals surface area contributed by atoms with E-state index < -0.39 is 0 Å². The van der Waals surface area contributed by atoms with Crippen LogP contribution in [-0.2, 0) is 5.41 Å². The number of hydrogen-bond acceptors (Lipinski definition) is 2. The number of thiophene rings is 1. The fourth-order valence-electron chi connectivity index (χ4n) is 9.57. The summed E-state index contributed by atoms with van der Waals surface area (Å²) in [5, 5.41) is 5.10. The van der Waals surface area contributed by atoms with Gasteiger partial charge in [-0.25, -0.2) is 0 Å². The van der Waals surface area contributed by atoms with Gasteiger partial charge in [0.05, 0.1) is 11.1 Å². The highest BCUT2D eigenvalue weighted by Crippen LogP contribution is 2.70. The zero-order valence-corrected chi connectivity index (χ0v) is 27.3. The van der Waals surface area contributed by atoms with Crippen LogP contribution in [0.15, 0.2) is 164 Å². The Morgan fingerprint density at radius 2 is 1.00 bits per heavy atom. The van der Waals surface area contributed by atoms with E-state index in [2.05, 4.69) is 169 Å². The van der Waals surface area contributed by atoms with E-state index in [1.807, 2.05) is 11.3 Å². The summed E-state index contributed by atoms with van der Waals surface area (Å²) in [6.45, 7) is 0. The average Bonchev–Trinajstić information content (AvgIpc) is 3.87. The Labute approximate surface area is 288 Å². The van der Waals surface area contributed by atoms with Crippen LogP contribution in [0.3, 0.4) is 0 Å². The van der Waals surface area contributed by atoms with Crippen molar-refractivity contribution in [3.63, 3.8) is 0 Å². The molecule has 0 saturated heterocycles. The van der Waals surface area contributed by atoms with Gasteiger partial charge in [0.1, 0.15) is 0 Å². The molecular weight excluding hydrogens is 611 g/mol. The molecule has 1 spiro atoms. The van der Waals surface area contributed by atoms with Crippen LogP contribution < -0.4 is 4.90 Å². The van der Waals surface area contributed by atoms with Gasteiger partial charge in [0, 0.05) is 31.5 Å². The first-order valence-electron chi connectivity index (χ1n) is 17.0. The molecule has 49 heavy (non-hydrogen) atoms. The molecular formula is C47H27NS. The molecule has 1 atom stereocenters. The first-order valence-corrected chi connectivity index (χ1v) is 17.8. The minimum absolute atomic E-state index is 0.323. The molecule has 0 saturated carbocycles. The van der Waals surface area contributed by atoms with E-state index in [4.69, 9.17) is 0 Å². The molecule has 0 bridgehead atoms. The molecule has 0 fully saturated rings. The number of fused-ring (bicyclic) bond motifs is 9. The van der Waals surface area contributed by atoms with Crippen molar-refractivity contribution in [2.24, 2.45) is 0 Å². The number of anilines is 3. The van der Waals surface area contributed by atoms with Crippen molar-refractivity contribution in [1.82, 2.24) is 0 Å². The molecule has 9 aromatic rings. The third-order valence-electron chi connectivity index (χ3n) is 11.4. The van der Waals surface area contributed by atoms with Crippen LogP contribution in [0.4, 0.5) is 17.1 Å². The number of nitrogens with zero attached hydrogens (tertiary/aromatic N) is 1. The molecule has 0 radical (unpaired) electrons. The van der Waals surface area contributed by atoms with Gasteiger partial charge < -0.3 is 4.90 Å². The van der Waals surface area contributed by atoms with Crippen molar-refractivity contribution in [3.05, 3.63) is 186 Å². The Bertz CT molecular complexity index is 2870. The van der Waals surface area contributed by atoms with E-state index >= 15 is 0 Å². The molecule has 0 aliphatic heterocycles. The zero-order chi connectivity index (χ0) is 31.8. The van der Waals surface area contributed by atoms with E-state index in [0.29, 0.717) is 0 Å². The van der Waals surface area contributed by atoms with Gasteiger partial charge in [-0.15, -0.1) is 11.3 Å². The second-order valence-corrected chi connectivity index (χ2v) is 14.7. The van der Waals surface area contributed by atoms with Crippen molar-refractivity contribution in [2.45, 2.75) is 5.41 Å². The summed E-state index contributed by atoms with van der Waals surface area (Å²) in [6, 6.07) is 61.5. The Kier molecular flexibility index (Phi) is 4.86. The molecule has 3 aliphatic carbocycles. The molecule has 8 aromatic carbocycles. The Balaban J connectivity index is 1.19.